The topological polar surface area (TPSA) is 90.8 Å². The lowest BCUT2D eigenvalue weighted by Gasteiger charge is -2.11. The molecule has 0 bridgehead atoms. The fraction of sp³-hybridized carbons (Fsp3) is 0.176. The van der Waals surface area contributed by atoms with Gasteiger partial charge < -0.3 is 9.52 Å². The van der Waals surface area contributed by atoms with Crippen molar-refractivity contribution in [1.82, 2.24) is 4.90 Å². The quantitative estimate of drug-likeness (QED) is 0.497. The predicted octanol–water partition coefficient (Wildman–Crippen LogP) is 1.90. The average Bonchev–Trinajstić information content (AvgIpc) is 3.13. The van der Waals surface area contributed by atoms with Gasteiger partial charge in [-0.15, -0.1) is 0 Å². The molecule has 1 aliphatic heterocycles. The van der Waals surface area contributed by atoms with Crippen molar-refractivity contribution in [3.63, 3.8) is 0 Å². The highest BCUT2D eigenvalue weighted by molar-refractivity contribution is 6.21. The Bertz CT molecular complexity index is 839. The van der Waals surface area contributed by atoms with Crippen LogP contribution in [-0.2, 0) is 11.3 Å². The van der Waals surface area contributed by atoms with Crippen molar-refractivity contribution in [2.75, 3.05) is 6.54 Å². The van der Waals surface area contributed by atoms with Crippen LogP contribution < -0.4 is 0 Å². The first-order valence-corrected chi connectivity index (χ1v) is 7.30. The summed E-state index contributed by atoms with van der Waals surface area (Å²) in [6.07, 6.45) is 1.28. The number of hydrogen-bond donors (Lipinski definition) is 1. The Morgan fingerprint density at radius 3 is 2.62 bits per heavy atom. The first-order valence-electron chi connectivity index (χ1n) is 7.30. The zero-order valence-electron chi connectivity index (χ0n) is 12.8. The van der Waals surface area contributed by atoms with E-state index in [9.17, 15) is 14.4 Å². The third-order valence-corrected chi connectivity index (χ3v) is 3.80. The molecule has 3 rings (SSSR count). The minimum Gasteiger partial charge on any atom is -0.481 e. The third kappa shape index (κ3) is 2.83. The second kappa shape index (κ2) is 6.11. The van der Waals surface area contributed by atoms with E-state index in [0.717, 1.165) is 10.7 Å². The molecule has 1 aromatic carbocycles. The summed E-state index contributed by atoms with van der Waals surface area (Å²) in [6, 6.07) is 8.43. The fourth-order valence-electron chi connectivity index (χ4n) is 2.57. The Morgan fingerprint density at radius 1 is 1.21 bits per heavy atom. The molecule has 2 amide bonds. The van der Waals surface area contributed by atoms with E-state index in [1.807, 2.05) is 6.07 Å². The number of carbonyl (C=O) groups excluding carboxylic acids is 2. The molecular weight excluding hydrogens is 312 g/mol. The largest absolute Gasteiger partial charge is 0.481 e. The van der Waals surface area contributed by atoms with Gasteiger partial charge in [0.1, 0.15) is 6.72 Å². The molecule has 1 aromatic heterocycles. The monoisotopic (exact) mass is 327 g/mol. The summed E-state index contributed by atoms with van der Waals surface area (Å²) in [6.45, 7) is 4.19. The molecule has 0 saturated carbocycles. The van der Waals surface area contributed by atoms with Gasteiger partial charge in [0, 0.05) is 18.7 Å². The van der Waals surface area contributed by atoms with E-state index >= 15 is 0 Å². The molecule has 24 heavy (non-hydrogen) atoms. The van der Waals surface area contributed by atoms with E-state index < -0.39 is 17.8 Å². The summed E-state index contributed by atoms with van der Waals surface area (Å²) in [5, 5.41) is 8.73. The smallest absolute Gasteiger partial charge is 0.305 e. The standard InChI is InChI=1S/C17H14N2O5/c1-18(10-12-3-2-8-24-12)11-4-5-13-14(9-11)17(23)19(16(13)22)7-6-15(20)21/h2-5,8-9H,1,6-7,10H2/p+1. The number of furan rings is 1. The van der Waals surface area contributed by atoms with E-state index in [1.54, 1.807) is 35.1 Å². The first kappa shape index (κ1) is 15.7. The number of aliphatic carboxylic acids is 1. The lowest BCUT2D eigenvalue weighted by Crippen LogP contribution is -2.31. The SMILES string of the molecule is C=[N+](Cc1ccco1)c1ccc2c(c1)C(=O)N(CCC(=O)O)C2=O. The van der Waals surface area contributed by atoms with Gasteiger partial charge in [-0.3, -0.25) is 19.3 Å². The zero-order valence-corrected chi connectivity index (χ0v) is 12.8. The van der Waals surface area contributed by atoms with Crippen LogP contribution in [0.3, 0.4) is 0 Å². The molecular formula is C17H15N2O5+. The molecule has 122 valence electrons. The molecule has 0 saturated heterocycles. The van der Waals surface area contributed by atoms with E-state index in [1.165, 1.54) is 0 Å². The van der Waals surface area contributed by atoms with Crippen LogP contribution in [0.15, 0.2) is 41.0 Å². The summed E-state index contributed by atoms with van der Waals surface area (Å²) < 4.78 is 6.91. The van der Waals surface area contributed by atoms with E-state index in [-0.39, 0.29) is 24.1 Å². The van der Waals surface area contributed by atoms with Crippen LogP contribution in [0.25, 0.3) is 0 Å². The molecule has 2 aromatic rings. The van der Waals surface area contributed by atoms with Crippen LogP contribution >= 0.6 is 0 Å². The van der Waals surface area contributed by atoms with Crippen molar-refractivity contribution in [3.8, 4) is 0 Å². The van der Waals surface area contributed by atoms with Crippen LogP contribution in [0.5, 0.6) is 0 Å². The molecule has 7 heteroatoms. The van der Waals surface area contributed by atoms with Crippen LogP contribution in [0.4, 0.5) is 5.69 Å². The predicted molar refractivity (Wildman–Crippen MR) is 83.5 cm³/mol. The minimum atomic E-state index is -1.06. The number of nitrogens with zero attached hydrogens (tertiary/aromatic N) is 2. The maximum absolute atomic E-state index is 12.4. The molecule has 7 nitrogen and oxygen atoms in total. The Kier molecular flexibility index (Phi) is 3.99. The van der Waals surface area contributed by atoms with Gasteiger partial charge in [0.15, 0.2) is 5.76 Å². The van der Waals surface area contributed by atoms with Crippen molar-refractivity contribution in [3.05, 3.63) is 53.5 Å². The molecule has 0 unspecified atom stereocenters. The number of carboxylic acids is 1. The molecule has 0 fully saturated rings. The number of amides is 2. The average molecular weight is 327 g/mol. The van der Waals surface area contributed by atoms with Gasteiger partial charge in [-0.25, -0.2) is 0 Å². The Balaban J connectivity index is 1.82. The maximum Gasteiger partial charge on any atom is 0.305 e. The zero-order chi connectivity index (χ0) is 17.3. The van der Waals surface area contributed by atoms with Crippen molar-refractivity contribution in [2.24, 2.45) is 0 Å². The Hall–Kier alpha value is -3.22. The van der Waals surface area contributed by atoms with E-state index in [4.69, 9.17) is 9.52 Å². The molecule has 0 aliphatic carbocycles. The number of fused-ring (bicyclic) bond motifs is 1. The second-order valence-electron chi connectivity index (χ2n) is 5.41. The van der Waals surface area contributed by atoms with Gasteiger partial charge in [0.2, 0.25) is 12.2 Å². The second-order valence-corrected chi connectivity index (χ2v) is 5.41. The maximum atomic E-state index is 12.4. The van der Waals surface area contributed by atoms with Gasteiger partial charge in [0.25, 0.3) is 11.8 Å². The third-order valence-electron chi connectivity index (χ3n) is 3.80. The van der Waals surface area contributed by atoms with Gasteiger partial charge in [-0.1, -0.05) is 0 Å². The summed E-state index contributed by atoms with van der Waals surface area (Å²) in [7, 11) is 0. The van der Waals surface area contributed by atoms with E-state index in [2.05, 4.69) is 6.72 Å². The van der Waals surface area contributed by atoms with Crippen molar-refractivity contribution < 1.29 is 28.5 Å². The van der Waals surface area contributed by atoms with Gasteiger partial charge in [0.05, 0.1) is 23.8 Å². The fourth-order valence-corrected chi connectivity index (χ4v) is 2.57. The number of carboxylic acid groups (broad SMARTS) is 1. The number of carbonyl (C=O) groups is 3. The van der Waals surface area contributed by atoms with E-state index in [0.29, 0.717) is 12.2 Å². The molecule has 0 atom stereocenters. The highest BCUT2D eigenvalue weighted by atomic mass is 16.4. The van der Waals surface area contributed by atoms with Crippen molar-refractivity contribution in [1.29, 1.82) is 0 Å². The highest BCUT2D eigenvalue weighted by Crippen LogP contribution is 2.27. The van der Waals surface area contributed by atoms with Crippen LogP contribution in [-0.4, -0.2) is 45.6 Å². The summed E-state index contributed by atoms with van der Waals surface area (Å²) in [5.74, 6) is -1.29. The van der Waals surface area contributed by atoms with Crippen LogP contribution in [0.1, 0.15) is 32.9 Å². The lowest BCUT2D eigenvalue weighted by molar-refractivity contribution is -0.451. The van der Waals surface area contributed by atoms with Crippen molar-refractivity contribution in [2.45, 2.75) is 13.0 Å². The molecule has 2 heterocycles. The van der Waals surface area contributed by atoms with Gasteiger partial charge in [-0.05, 0) is 18.2 Å². The van der Waals surface area contributed by atoms with Gasteiger partial charge >= 0.3 is 5.97 Å². The highest BCUT2D eigenvalue weighted by Gasteiger charge is 2.36. The Labute approximate surface area is 137 Å². The molecule has 0 radical (unpaired) electrons. The lowest BCUT2D eigenvalue weighted by atomic mass is 10.1. The molecule has 0 spiro atoms. The normalized spacial score (nSPS) is 13.2. The van der Waals surface area contributed by atoms with Gasteiger partial charge in [-0.2, -0.15) is 4.58 Å². The Morgan fingerprint density at radius 2 is 1.96 bits per heavy atom. The number of hydrogen-bond acceptors (Lipinski definition) is 4. The van der Waals surface area contributed by atoms with Crippen molar-refractivity contribution >= 4 is 30.2 Å². The van der Waals surface area contributed by atoms with Crippen LogP contribution in [0, 0.1) is 0 Å². The number of benzene rings is 1. The first-order chi connectivity index (χ1) is 11.5. The van der Waals surface area contributed by atoms with Crippen LogP contribution in [0.2, 0.25) is 0 Å². The molecule has 1 aliphatic rings. The number of imide groups is 1. The minimum absolute atomic E-state index is 0.141. The summed E-state index contributed by atoms with van der Waals surface area (Å²) in [5.41, 5.74) is 1.20. The summed E-state index contributed by atoms with van der Waals surface area (Å²) >= 11 is 0. The number of rotatable bonds is 6. The summed E-state index contributed by atoms with van der Waals surface area (Å²) in [4.78, 5) is 36.2. The molecule has 1 N–H and O–H groups in total.